The fourth-order valence-corrected chi connectivity index (χ4v) is 2.86. The molecule has 4 aromatic rings. The number of nitrogens with zero attached hydrogens (tertiary/aromatic N) is 3. The molecule has 2 N–H and O–H groups in total. The van der Waals surface area contributed by atoms with E-state index in [9.17, 15) is 0 Å². The Labute approximate surface area is 152 Å². The molecule has 0 atom stereocenters. The molecule has 0 unspecified atom stereocenters. The van der Waals surface area contributed by atoms with E-state index in [0.29, 0.717) is 5.82 Å². The molecule has 26 heavy (non-hydrogen) atoms. The van der Waals surface area contributed by atoms with Crippen LogP contribution in [0, 0.1) is 13.8 Å². The first kappa shape index (κ1) is 16.0. The van der Waals surface area contributed by atoms with Gasteiger partial charge >= 0.3 is 0 Å². The molecule has 0 bridgehead atoms. The normalized spacial score (nSPS) is 10.7. The molecular weight excluding hydrogens is 322 g/mol. The van der Waals surface area contributed by atoms with Crippen LogP contribution in [-0.4, -0.2) is 15.0 Å². The molecule has 0 saturated heterocycles. The second kappa shape index (κ2) is 6.80. The van der Waals surface area contributed by atoms with E-state index in [2.05, 4.69) is 45.5 Å². The first-order valence-electron chi connectivity index (χ1n) is 8.47. The Kier molecular flexibility index (Phi) is 4.19. The van der Waals surface area contributed by atoms with Gasteiger partial charge in [-0.25, -0.2) is 9.97 Å². The van der Waals surface area contributed by atoms with Crippen LogP contribution in [0.1, 0.15) is 11.1 Å². The van der Waals surface area contributed by atoms with Crippen LogP contribution in [0.5, 0.6) is 0 Å². The zero-order chi connectivity index (χ0) is 17.9. The van der Waals surface area contributed by atoms with Gasteiger partial charge in [-0.15, -0.1) is 0 Å². The van der Waals surface area contributed by atoms with Crippen molar-refractivity contribution in [2.24, 2.45) is 0 Å². The van der Waals surface area contributed by atoms with Crippen LogP contribution >= 0.6 is 0 Å². The fourth-order valence-electron chi connectivity index (χ4n) is 2.86. The maximum Gasteiger partial charge on any atom is 0.135 e. The average Bonchev–Trinajstić information content (AvgIpc) is 2.66. The summed E-state index contributed by atoms with van der Waals surface area (Å²) in [5, 5.41) is 7.80. The molecule has 2 heterocycles. The van der Waals surface area contributed by atoms with E-state index in [1.165, 1.54) is 11.1 Å². The van der Waals surface area contributed by atoms with Crippen LogP contribution in [0.3, 0.4) is 0 Å². The van der Waals surface area contributed by atoms with Gasteiger partial charge in [-0.05, 0) is 43.2 Å². The smallest absolute Gasteiger partial charge is 0.135 e. The lowest BCUT2D eigenvalue weighted by Crippen LogP contribution is -2.00. The average molecular weight is 341 g/mol. The minimum atomic E-state index is 0.714. The van der Waals surface area contributed by atoms with Crippen molar-refractivity contribution in [3.63, 3.8) is 0 Å². The predicted octanol–water partition coefficient (Wildman–Crippen LogP) is 5.13. The van der Waals surface area contributed by atoms with Crippen LogP contribution in [0.4, 0.5) is 23.0 Å². The van der Waals surface area contributed by atoms with Crippen molar-refractivity contribution < 1.29 is 0 Å². The van der Waals surface area contributed by atoms with Gasteiger partial charge in [-0.1, -0.05) is 30.3 Å². The molecule has 0 amide bonds. The van der Waals surface area contributed by atoms with Gasteiger partial charge in [-0.3, -0.25) is 4.98 Å². The number of rotatable bonds is 4. The third-order valence-electron chi connectivity index (χ3n) is 4.43. The van der Waals surface area contributed by atoms with Crippen molar-refractivity contribution in [1.82, 2.24) is 15.0 Å². The predicted molar refractivity (Wildman–Crippen MR) is 106 cm³/mol. The van der Waals surface area contributed by atoms with Crippen LogP contribution in [0.25, 0.3) is 10.9 Å². The van der Waals surface area contributed by atoms with E-state index in [0.717, 1.165) is 28.1 Å². The van der Waals surface area contributed by atoms with Crippen LogP contribution < -0.4 is 10.6 Å². The maximum atomic E-state index is 4.47. The van der Waals surface area contributed by atoms with Gasteiger partial charge in [0.05, 0.1) is 11.2 Å². The lowest BCUT2D eigenvalue weighted by atomic mass is 10.1. The van der Waals surface area contributed by atoms with E-state index in [4.69, 9.17) is 0 Å². The van der Waals surface area contributed by atoms with E-state index >= 15 is 0 Å². The van der Waals surface area contributed by atoms with Gasteiger partial charge < -0.3 is 10.6 Å². The van der Waals surface area contributed by atoms with Crippen molar-refractivity contribution in [2.75, 3.05) is 10.6 Å². The Balaban J connectivity index is 1.62. The van der Waals surface area contributed by atoms with E-state index in [-0.39, 0.29) is 0 Å². The Morgan fingerprint density at radius 2 is 1.42 bits per heavy atom. The number of aromatic nitrogens is 3. The summed E-state index contributed by atoms with van der Waals surface area (Å²) >= 11 is 0. The standard InChI is InChI=1S/C21H19N5/c1-14-6-3-9-17(15(14)2)25-19-12-20(24-13-23-19)26-18-10-4-7-16-8-5-11-22-21(16)18/h3-13H,1-2H3,(H2,23,24,25,26). The molecule has 0 saturated carbocycles. The molecule has 2 aromatic carbocycles. The highest BCUT2D eigenvalue weighted by Gasteiger charge is 2.06. The third kappa shape index (κ3) is 3.19. The summed E-state index contributed by atoms with van der Waals surface area (Å²) in [5.74, 6) is 1.45. The molecule has 0 aliphatic rings. The van der Waals surface area contributed by atoms with Crippen molar-refractivity contribution in [2.45, 2.75) is 13.8 Å². The van der Waals surface area contributed by atoms with E-state index < -0.39 is 0 Å². The van der Waals surface area contributed by atoms with Gasteiger partial charge in [0, 0.05) is 23.3 Å². The molecule has 4 rings (SSSR count). The zero-order valence-electron chi connectivity index (χ0n) is 14.7. The molecule has 0 aliphatic heterocycles. The zero-order valence-corrected chi connectivity index (χ0v) is 14.7. The van der Waals surface area contributed by atoms with E-state index in [1.54, 1.807) is 12.5 Å². The Morgan fingerprint density at radius 3 is 2.27 bits per heavy atom. The molecule has 0 radical (unpaired) electrons. The minimum Gasteiger partial charge on any atom is -0.340 e. The summed E-state index contributed by atoms with van der Waals surface area (Å²) in [5.41, 5.74) is 5.32. The van der Waals surface area contributed by atoms with Crippen molar-refractivity contribution in [3.8, 4) is 0 Å². The summed E-state index contributed by atoms with van der Waals surface area (Å²) in [4.78, 5) is 13.1. The van der Waals surface area contributed by atoms with Gasteiger partial charge in [0.1, 0.15) is 18.0 Å². The van der Waals surface area contributed by atoms with Gasteiger partial charge in [0.15, 0.2) is 0 Å². The van der Waals surface area contributed by atoms with Gasteiger partial charge in [0.2, 0.25) is 0 Å². The summed E-state index contributed by atoms with van der Waals surface area (Å²) < 4.78 is 0. The summed E-state index contributed by atoms with van der Waals surface area (Å²) in [6.45, 7) is 4.20. The van der Waals surface area contributed by atoms with Crippen molar-refractivity contribution in [1.29, 1.82) is 0 Å². The van der Waals surface area contributed by atoms with E-state index in [1.807, 2.05) is 48.5 Å². The number of hydrogen-bond acceptors (Lipinski definition) is 5. The summed E-state index contributed by atoms with van der Waals surface area (Å²) in [6, 6.07) is 18.1. The number of para-hydroxylation sites is 1. The van der Waals surface area contributed by atoms with Crippen LogP contribution in [0.15, 0.2) is 67.1 Å². The highest BCUT2D eigenvalue weighted by molar-refractivity contribution is 5.91. The number of benzene rings is 2. The number of hydrogen-bond donors (Lipinski definition) is 2. The molecule has 128 valence electrons. The third-order valence-corrected chi connectivity index (χ3v) is 4.43. The van der Waals surface area contributed by atoms with Gasteiger partial charge in [-0.2, -0.15) is 0 Å². The second-order valence-corrected chi connectivity index (χ2v) is 6.17. The van der Waals surface area contributed by atoms with Crippen molar-refractivity contribution in [3.05, 3.63) is 78.2 Å². The Bertz CT molecular complexity index is 1070. The van der Waals surface area contributed by atoms with Crippen molar-refractivity contribution >= 4 is 33.9 Å². The molecule has 2 aromatic heterocycles. The first-order chi connectivity index (χ1) is 12.7. The first-order valence-corrected chi connectivity index (χ1v) is 8.47. The SMILES string of the molecule is Cc1cccc(Nc2cc(Nc3cccc4cccnc34)ncn2)c1C. The lowest BCUT2D eigenvalue weighted by molar-refractivity contribution is 1.16. The molecule has 0 spiro atoms. The monoisotopic (exact) mass is 341 g/mol. The molecule has 5 nitrogen and oxygen atoms in total. The lowest BCUT2D eigenvalue weighted by Gasteiger charge is -2.12. The topological polar surface area (TPSA) is 62.7 Å². The molecule has 0 fully saturated rings. The highest BCUT2D eigenvalue weighted by Crippen LogP contribution is 2.26. The van der Waals surface area contributed by atoms with Gasteiger partial charge in [0.25, 0.3) is 0 Å². The number of fused-ring (bicyclic) bond motifs is 1. The Morgan fingerprint density at radius 1 is 0.731 bits per heavy atom. The largest absolute Gasteiger partial charge is 0.340 e. The Hall–Kier alpha value is -3.47. The second-order valence-electron chi connectivity index (χ2n) is 6.17. The quantitative estimate of drug-likeness (QED) is 0.539. The molecular formula is C21H19N5. The molecule has 5 heteroatoms. The fraction of sp³-hybridized carbons (Fsp3) is 0.0952. The summed E-state index contributed by atoms with van der Waals surface area (Å²) in [7, 11) is 0. The minimum absolute atomic E-state index is 0.714. The number of aryl methyl sites for hydroxylation is 1. The number of nitrogens with one attached hydrogen (secondary N) is 2. The summed E-state index contributed by atoms with van der Waals surface area (Å²) in [6.07, 6.45) is 3.34. The van der Waals surface area contributed by atoms with Crippen LogP contribution in [-0.2, 0) is 0 Å². The maximum absolute atomic E-state index is 4.47. The number of pyridine rings is 1. The number of anilines is 4. The van der Waals surface area contributed by atoms with Crippen LogP contribution in [0.2, 0.25) is 0 Å². The highest BCUT2D eigenvalue weighted by atomic mass is 15.1. The molecule has 0 aliphatic carbocycles.